The Morgan fingerprint density at radius 3 is 1.04 bits per heavy atom. The van der Waals surface area contributed by atoms with Gasteiger partial charge in [0.1, 0.15) is 0 Å². The van der Waals surface area contributed by atoms with Crippen molar-refractivity contribution in [3.63, 3.8) is 0 Å². The van der Waals surface area contributed by atoms with Crippen molar-refractivity contribution in [3.05, 3.63) is 0 Å². The first kappa shape index (κ1) is 26.3. The molecule has 0 aromatic rings. The van der Waals surface area contributed by atoms with E-state index in [0.717, 1.165) is 0 Å². The molecule has 1 rings (SSSR count). The summed E-state index contributed by atoms with van der Waals surface area (Å²) >= 11 is 0. The molecule has 0 aromatic carbocycles. The van der Waals surface area contributed by atoms with E-state index in [1.165, 1.54) is 0 Å². The zero-order valence-corrected chi connectivity index (χ0v) is 16.9. The Labute approximate surface area is 170 Å². The molecule has 0 aromatic heterocycles. The van der Waals surface area contributed by atoms with E-state index in [4.69, 9.17) is 39.9 Å². The number of rotatable bonds is 2. The third-order valence-corrected chi connectivity index (χ3v) is 3.39. The van der Waals surface area contributed by atoms with Gasteiger partial charge in [-0.25, -0.2) is 0 Å². The van der Waals surface area contributed by atoms with E-state index in [-0.39, 0.29) is 73.9 Å². The number of carboxylic acids is 2. The van der Waals surface area contributed by atoms with Crippen molar-refractivity contribution >= 4 is 11.9 Å². The molecule has 1 fully saturated rings. The van der Waals surface area contributed by atoms with Crippen molar-refractivity contribution in [3.8, 4) is 0 Å². The average Bonchev–Trinajstić information content (AvgIpc) is 2.59. The van der Waals surface area contributed by atoms with E-state index in [1.54, 1.807) is 0 Å². The van der Waals surface area contributed by atoms with E-state index in [1.807, 2.05) is 0 Å². The first-order chi connectivity index (χ1) is 12.3. The number of ether oxygens (including phenoxy) is 6. The van der Waals surface area contributed by atoms with Crippen LogP contribution in [0.15, 0.2) is 0 Å². The second-order valence-corrected chi connectivity index (χ2v) is 5.19. The van der Waals surface area contributed by atoms with Crippen molar-refractivity contribution in [2.75, 3.05) is 66.1 Å². The summed E-state index contributed by atoms with van der Waals surface area (Å²) in [6, 6.07) is 0. The molecule has 13 heteroatoms. The normalized spacial score (nSPS) is 30.3. The number of carboxylic acid groups (broad SMARTS) is 2. The fourth-order valence-corrected chi connectivity index (χ4v) is 1.92. The van der Waals surface area contributed by atoms with E-state index in [9.17, 15) is 19.8 Å². The van der Waals surface area contributed by atoms with Crippen LogP contribution in [-0.2, 0) is 59.1 Å². The summed E-state index contributed by atoms with van der Waals surface area (Å²) in [5.41, 5.74) is 5.05. The van der Waals surface area contributed by atoms with Crippen molar-refractivity contribution in [1.29, 1.82) is 0 Å². The summed E-state index contributed by atoms with van der Waals surface area (Å²) in [5, 5.41) is 22.8. The maximum absolute atomic E-state index is 11.4. The van der Waals surface area contributed by atoms with Crippen LogP contribution in [0.1, 0.15) is 0 Å². The van der Waals surface area contributed by atoms with Crippen LogP contribution in [-0.4, -0.2) is 89.5 Å². The van der Waals surface area contributed by atoms with Crippen molar-refractivity contribution in [1.82, 2.24) is 0 Å². The van der Waals surface area contributed by atoms with Gasteiger partial charge in [-0.3, -0.25) is 11.5 Å². The van der Waals surface area contributed by atoms with Crippen molar-refractivity contribution in [2.24, 2.45) is 11.5 Å². The SMILES string of the molecule is N[C@@]1(C(=O)[O-])OCCOCCOCCOCCOCCO[C@]1(N)C(=O)[O-].[Pt+2]. The standard InChI is InChI=1S/C14H26N2O10.Pt/c15-13(11(17)18)14(16,12(19)20)26-10-8-24-6-4-22-2-1-21-3-5-23-7-9-25-13;/h1-10,15-16H2,(H,17,18)(H,19,20);/q;+2/p-2/t13-,14+;. The molecule has 0 saturated carbocycles. The van der Waals surface area contributed by atoms with Crippen molar-refractivity contribution < 1.29 is 69.3 Å². The van der Waals surface area contributed by atoms with Gasteiger partial charge < -0.3 is 48.2 Å². The fraction of sp³-hybridized carbons (Fsp3) is 0.857. The Kier molecular flexibility index (Phi) is 13.1. The second kappa shape index (κ2) is 13.5. The van der Waals surface area contributed by atoms with Crippen LogP contribution >= 0.6 is 0 Å². The van der Waals surface area contributed by atoms with E-state index >= 15 is 0 Å². The molecule has 27 heavy (non-hydrogen) atoms. The van der Waals surface area contributed by atoms with Crippen LogP contribution in [0.4, 0.5) is 0 Å². The Balaban J connectivity index is 0.00000676. The minimum Gasteiger partial charge on any atom is -0.545 e. The maximum Gasteiger partial charge on any atom is 2.00 e. The Hall–Kier alpha value is -0.692. The molecular formula is C14H24N2O10Pt. The van der Waals surface area contributed by atoms with Gasteiger partial charge in [0.2, 0.25) is 11.4 Å². The maximum atomic E-state index is 11.4. The minimum absolute atomic E-state index is 0. The van der Waals surface area contributed by atoms with E-state index in [0.29, 0.717) is 13.2 Å². The summed E-state index contributed by atoms with van der Waals surface area (Å²) < 4.78 is 30.6. The molecule has 1 aliphatic rings. The molecule has 0 amide bonds. The fourth-order valence-electron chi connectivity index (χ4n) is 1.92. The third-order valence-electron chi connectivity index (χ3n) is 3.39. The molecule has 0 aliphatic carbocycles. The van der Waals surface area contributed by atoms with Gasteiger partial charge in [-0.1, -0.05) is 0 Å². The number of aliphatic carboxylic acids is 2. The Bertz CT molecular complexity index is 418. The van der Waals surface area contributed by atoms with Gasteiger partial charge in [-0.05, 0) is 0 Å². The first-order valence-electron chi connectivity index (χ1n) is 7.94. The number of nitrogens with two attached hydrogens (primary N) is 2. The van der Waals surface area contributed by atoms with Crippen LogP contribution in [0.25, 0.3) is 0 Å². The van der Waals surface area contributed by atoms with Gasteiger partial charge >= 0.3 is 21.1 Å². The first-order valence-corrected chi connectivity index (χ1v) is 7.94. The summed E-state index contributed by atoms with van der Waals surface area (Å²) in [5.74, 6) is -4.17. The quantitative estimate of drug-likeness (QED) is 0.319. The summed E-state index contributed by atoms with van der Waals surface area (Å²) in [6.45, 7) is 0.714. The van der Waals surface area contributed by atoms with E-state index in [2.05, 4.69) is 0 Å². The van der Waals surface area contributed by atoms with Gasteiger partial charge in [0.05, 0.1) is 78.0 Å². The predicted octanol–water partition coefficient (Wildman–Crippen LogP) is -5.09. The molecule has 1 aliphatic heterocycles. The summed E-state index contributed by atoms with van der Waals surface area (Å²) in [7, 11) is 0. The monoisotopic (exact) mass is 575 g/mol. The smallest absolute Gasteiger partial charge is 0.545 e. The van der Waals surface area contributed by atoms with Gasteiger partial charge in [0.25, 0.3) is 0 Å². The van der Waals surface area contributed by atoms with Crippen LogP contribution in [0.3, 0.4) is 0 Å². The molecule has 0 spiro atoms. The van der Waals surface area contributed by atoms with Crippen LogP contribution < -0.4 is 21.7 Å². The minimum atomic E-state index is -3.01. The van der Waals surface area contributed by atoms with Gasteiger partial charge in [-0.2, -0.15) is 0 Å². The largest absolute Gasteiger partial charge is 2.00 e. The second-order valence-electron chi connectivity index (χ2n) is 5.19. The Morgan fingerprint density at radius 2 is 0.815 bits per heavy atom. The topological polar surface area (TPSA) is 188 Å². The van der Waals surface area contributed by atoms with Gasteiger partial charge in [0.15, 0.2) is 0 Å². The number of hydrogen-bond acceptors (Lipinski definition) is 12. The number of hydrogen-bond donors (Lipinski definition) is 2. The number of carbonyl (C=O) groups excluding carboxylic acids is 2. The molecule has 1 saturated heterocycles. The van der Waals surface area contributed by atoms with Gasteiger partial charge in [0, 0.05) is 0 Å². The number of carbonyl (C=O) groups is 2. The molecular weight excluding hydrogens is 551 g/mol. The predicted molar refractivity (Wildman–Crippen MR) is 79.0 cm³/mol. The van der Waals surface area contributed by atoms with Crippen LogP contribution in [0, 0.1) is 0 Å². The van der Waals surface area contributed by atoms with Crippen molar-refractivity contribution in [2.45, 2.75) is 11.4 Å². The van der Waals surface area contributed by atoms with Crippen LogP contribution in [0.2, 0.25) is 0 Å². The third kappa shape index (κ3) is 8.06. The van der Waals surface area contributed by atoms with Gasteiger partial charge in [-0.15, -0.1) is 0 Å². The molecule has 0 bridgehead atoms. The summed E-state index contributed by atoms with van der Waals surface area (Å²) in [6.07, 6.45) is 0. The molecule has 4 N–H and O–H groups in total. The molecule has 160 valence electrons. The zero-order chi connectivity index (χ0) is 19.5. The van der Waals surface area contributed by atoms with Crippen LogP contribution in [0.5, 0.6) is 0 Å². The molecule has 2 atom stereocenters. The Morgan fingerprint density at radius 1 is 0.593 bits per heavy atom. The molecule has 0 unspecified atom stereocenters. The average molecular weight is 575 g/mol. The zero-order valence-electron chi connectivity index (χ0n) is 14.6. The summed E-state index contributed by atoms with van der Waals surface area (Å²) in [4.78, 5) is 22.8. The molecule has 1 heterocycles. The molecule has 0 radical (unpaired) electrons. The van der Waals surface area contributed by atoms with E-state index < -0.39 is 23.4 Å². The molecule has 12 nitrogen and oxygen atoms in total.